The maximum absolute atomic E-state index is 13.2. The lowest BCUT2D eigenvalue weighted by Crippen LogP contribution is -2.24. The lowest BCUT2D eigenvalue weighted by Gasteiger charge is -2.19. The van der Waals surface area contributed by atoms with E-state index < -0.39 is 28.5 Å². The number of amides is 1. The molecular weight excluding hydrogens is 445 g/mol. The molecule has 2 aromatic carbocycles. The molecule has 0 unspecified atom stereocenters. The summed E-state index contributed by atoms with van der Waals surface area (Å²) in [6, 6.07) is 8.00. The van der Waals surface area contributed by atoms with E-state index in [1.807, 2.05) is 0 Å². The zero-order valence-electron chi connectivity index (χ0n) is 17.6. The molecule has 172 valence electrons. The first-order valence-corrected chi connectivity index (χ1v) is 9.35. The van der Waals surface area contributed by atoms with Gasteiger partial charge in [-0.3, -0.25) is 19.8 Å². The minimum Gasteiger partial charge on any atom is -0.490 e. The molecule has 0 N–H and O–H groups in total. The molecule has 1 heterocycles. The summed E-state index contributed by atoms with van der Waals surface area (Å²) < 4.78 is 49.2. The third kappa shape index (κ3) is 4.43. The molecular formula is C22H17F3N2O6. The number of benzene rings is 2. The van der Waals surface area contributed by atoms with Crippen LogP contribution in [0.2, 0.25) is 0 Å². The van der Waals surface area contributed by atoms with Crippen LogP contribution in [0.15, 0.2) is 59.3 Å². The van der Waals surface area contributed by atoms with Gasteiger partial charge in [0.1, 0.15) is 0 Å². The van der Waals surface area contributed by atoms with E-state index >= 15 is 0 Å². The van der Waals surface area contributed by atoms with Crippen molar-refractivity contribution in [2.45, 2.75) is 13.1 Å². The van der Waals surface area contributed by atoms with Crippen LogP contribution in [0.3, 0.4) is 0 Å². The van der Waals surface area contributed by atoms with Crippen molar-refractivity contribution < 1.29 is 37.2 Å². The van der Waals surface area contributed by atoms with Crippen LogP contribution in [-0.2, 0) is 20.5 Å². The first-order valence-electron chi connectivity index (χ1n) is 9.35. The molecule has 0 spiro atoms. The number of carbonyl (C=O) groups is 2. The highest BCUT2D eigenvalue weighted by Gasteiger charge is 2.39. The van der Waals surface area contributed by atoms with Crippen molar-refractivity contribution in [2.75, 3.05) is 19.1 Å². The number of nitro groups is 1. The predicted octanol–water partition coefficient (Wildman–Crippen LogP) is 4.50. The van der Waals surface area contributed by atoms with Gasteiger partial charge in [-0.1, -0.05) is 12.1 Å². The van der Waals surface area contributed by atoms with Crippen molar-refractivity contribution >= 4 is 29.3 Å². The van der Waals surface area contributed by atoms with E-state index in [0.717, 1.165) is 36.3 Å². The molecule has 0 aromatic heterocycles. The highest BCUT2D eigenvalue weighted by molar-refractivity contribution is 6.23. The number of ether oxygens (including phenoxy) is 2. The fourth-order valence-corrected chi connectivity index (χ4v) is 3.42. The second-order valence-electron chi connectivity index (χ2n) is 6.89. The summed E-state index contributed by atoms with van der Waals surface area (Å²) in [4.78, 5) is 37.3. The van der Waals surface area contributed by atoms with Gasteiger partial charge < -0.3 is 9.47 Å². The zero-order valence-corrected chi connectivity index (χ0v) is 17.6. The van der Waals surface area contributed by atoms with Gasteiger partial charge in [0.15, 0.2) is 5.75 Å². The van der Waals surface area contributed by atoms with Crippen molar-refractivity contribution in [1.29, 1.82) is 0 Å². The summed E-state index contributed by atoms with van der Waals surface area (Å²) in [7, 11) is 2.35. The standard InChI is InChI=1S/C22H17F3N2O6/c1-12-19(21(29)33-3)16(9-13-7-8-18(32-2)17(10-13)27(30)31)20(28)26(12)15-6-4-5-14(11-15)22(23,24)25/h4-11H,1-3H3/b16-9-. The highest BCUT2D eigenvalue weighted by Crippen LogP contribution is 2.38. The van der Waals surface area contributed by atoms with E-state index in [0.29, 0.717) is 0 Å². The van der Waals surface area contributed by atoms with Crippen LogP contribution in [0.1, 0.15) is 18.1 Å². The number of nitrogens with zero attached hydrogens (tertiary/aromatic N) is 2. The monoisotopic (exact) mass is 462 g/mol. The number of esters is 1. The van der Waals surface area contributed by atoms with E-state index in [2.05, 4.69) is 0 Å². The van der Waals surface area contributed by atoms with Crippen LogP contribution >= 0.6 is 0 Å². The third-order valence-corrected chi connectivity index (χ3v) is 4.93. The Morgan fingerprint density at radius 3 is 2.42 bits per heavy atom. The minimum absolute atomic E-state index is 0.00888. The van der Waals surface area contributed by atoms with E-state index in [-0.39, 0.29) is 39.5 Å². The van der Waals surface area contributed by atoms with Gasteiger partial charge in [0.25, 0.3) is 5.91 Å². The molecule has 11 heteroatoms. The second-order valence-corrected chi connectivity index (χ2v) is 6.89. The number of allylic oxidation sites excluding steroid dienone is 1. The maximum atomic E-state index is 13.2. The number of hydrogen-bond acceptors (Lipinski definition) is 6. The van der Waals surface area contributed by atoms with E-state index in [1.54, 1.807) is 0 Å². The van der Waals surface area contributed by atoms with Gasteiger partial charge in [-0.25, -0.2) is 4.79 Å². The van der Waals surface area contributed by atoms with Crippen molar-refractivity contribution in [2.24, 2.45) is 0 Å². The number of hydrogen-bond donors (Lipinski definition) is 0. The molecule has 2 aromatic rings. The van der Waals surface area contributed by atoms with Crippen molar-refractivity contribution in [3.63, 3.8) is 0 Å². The van der Waals surface area contributed by atoms with Gasteiger partial charge in [-0.2, -0.15) is 13.2 Å². The first kappa shape index (κ1) is 23.5. The fourth-order valence-electron chi connectivity index (χ4n) is 3.42. The normalized spacial score (nSPS) is 15.3. The summed E-state index contributed by atoms with van der Waals surface area (Å²) in [5, 5.41) is 11.3. The molecule has 3 rings (SSSR count). The van der Waals surface area contributed by atoms with Gasteiger partial charge in [0.2, 0.25) is 0 Å². The molecule has 0 atom stereocenters. The summed E-state index contributed by atoms with van der Waals surface area (Å²) >= 11 is 0. The lowest BCUT2D eigenvalue weighted by molar-refractivity contribution is -0.385. The van der Waals surface area contributed by atoms with Gasteiger partial charge in [0, 0.05) is 17.5 Å². The molecule has 8 nitrogen and oxygen atoms in total. The Morgan fingerprint density at radius 2 is 1.85 bits per heavy atom. The average Bonchev–Trinajstić information content (AvgIpc) is 3.01. The van der Waals surface area contributed by atoms with Crippen molar-refractivity contribution in [3.8, 4) is 5.75 Å². The number of methoxy groups -OCH3 is 2. The molecule has 0 fully saturated rings. The van der Waals surface area contributed by atoms with Gasteiger partial charge >= 0.3 is 17.8 Å². The van der Waals surface area contributed by atoms with E-state index in [9.17, 15) is 32.9 Å². The SMILES string of the molecule is COC(=O)C1=C(C)N(c2cccc(C(F)(F)F)c2)C(=O)/C1=C\c1ccc(OC)c([N+](=O)[O-])c1. The topological polar surface area (TPSA) is 99.0 Å². The number of alkyl halides is 3. The van der Waals surface area contributed by atoms with Crippen LogP contribution < -0.4 is 9.64 Å². The van der Waals surface area contributed by atoms with Gasteiger partial charge in [-0.05, 0) is 42.8 Å². The smallest absolute Gasteiger partial charge is 0.416 e. The van der Waals surface area contributed by atoms with Crippen LogP contribution in [0, 0.1) is 10.1 Å². The Kier molecular flexibility index (Phi) is 6.25. The second kappa shape index (κ2) is 8.77. The Balaban J connectivity index is 2.16. The number of halogens is 3. The van der Waals surface area contributed by atoms with Gasteiger partial charge in [-0.15, -0.1) is 0 Å². The van der Waals surface area contributed by atoms with Crippen LogP contribution in [0.5, 0.6) is 5.75 Å². The van der Waals surface area contributed by atoms with Crippen LogP contribution in [0.25, 0.3) is 6.08 Å². The average molecular weight is 462 g/mol. The summed E-state index contributed by atoms with van der Waals surface area (Å²) in [5.74, 6) is -1.68. The molecule has 0 saturated heterocycles. The predicted molar refractivity (Wildman–Crippen MR) is 111 cm³/mol. The molecule has 0 saturated carbocycles. The summed E-state index contributed by atoms with van der Waals surface area (Å²) in [6.07, 6.45) is -3.40. The van der Waals surface area contributed by atoms with E-state index in [1.165, 1.54) is 38.3 Å². The lowest BCUT2D eigenvalue weighted by atomic mass is 10.0. The van der Waals surface area contributed by atoms with Gasteiger partial charge in [0.05, 0.1) is 35.9 Å². The molecule has 0 radical (unpaired) electrons. The van der Waals surface area contributed by atoms with Crippen LogP contribution in [-0.4, -0.2) is 31.0 Å². The largest absolute Gasteiger partial charge is 0.490 e. The Bertz CT molecular complexity index is 1220. The zero-order chi connectivity index (χ0) is 24.5. The summed E-state index contributed by atoms with van der Waals surface area (Å²) in [5.41, 5.74) is -1.53. The molecule has 1 amide bonds. The number of carbonyl (C=O) groups excluding carboxylic acids is 2. The molecule has 1 aliphatic heterocycles. The molecule has 33 heavy (non-hydrogen) atoms. The summed E-state index contributed by atoms with van der Waals surface area (Å²) in [6.45, 7) is 1.39. The first-order chi connectivity index (χ1) is 15.5. The highest BCUT2D eigenvalue weighted by atomic mass is 19.4. The number of nitro benzene ring substituents is 1. The third-order valence-electron chi connectivity index (χ3n) is 4.93. The Hall–Kier alpha value is -4.15. The van der Waals surface area contributed by atoms with Crippen LogP contribution in [0.4, 0.5) is 24.5 Å². The number of anilines is 1. The Labute approximate surface area is 185 Å². The van der Waals surface area contributed by atoms with Crippen molar-refractivity contribution in [1.82, 2.24) is 0 Å². The minimum atomic E-state index is -4.64. The van der Waals surface area contributed by atoms with E-state index in [4.69, 9.17) is 9.47 Å². The maximum Gasteiger partial charge on any atom is 0.416 e. The Morgan fingerprint density at radius 1 is 1.15 bits per heavy atom. The molecule has 0 aliphatic carbocycles. The fraction of sp³-hybridized carbons (Fsp3) is 0.182. The quantitative estimate of drug-likeness (QED) is 0.281. The van der Waals surface area contributed by atoms with Crippen molar-refractivity contribution in [3.05, 3.63) is 80.5 Å². The molecule has 1 aliphatic rings. The molecule has 0 bridgehead atoms. The number of rotatable bonds is 5.